The Morgan fingerprint density at radius 1 is 1.30 bits per heavy atom. The molecule has 2 aromatic rings. The second-order valence-corrected chi connectivity index (χ2v) is 4.47. The lowest BCUT2D eigenvalue weighted by Crippen LogP contribution is -2.30. The summed E-state index contributed by atoms with van der Waals surface area (Å²) in [6.07, 6.45) is 0.960. The van der Waals surface area contributed by atoms with Gasteiger partial charge in [-0.3, -0.25) is 4.99 Å². The van der Waals surface area contributed by atoms with E-state index < -0.39 is 0 Å². The normalized spacial score (nSPS) is 14.2. The lowest BCUT2D eigenvalue weighted by Gasteiger charge is -2.13. The molecular weight excluding hydrogens is 254 g/mol. The number of furan rings is 1. The van der Waals surface area contributed by atoms with Crippen LogP contribution in [0.3, 0.4) is 0 Å². The first-order valence-corrected chi connectivity index (χ1v) is 6.41. The molecule has 0 saturated carbocycles. The van der Waals surface area contributed by atoms with Crippen molar-refractivity contribution < 1.29 is 9.52 Å². The van der Waals surface area contributed by atoms with Gasteiger partial charge in [0.15, 0.2) is 11.6 Å². The Hall–Kier alpha value is -2.74. The van der Waals surface area contributed by atoms with Crippen molar-refractivity contribution in [2.75, 3.05) is 13.1 Å². The number of nitrogens with zero attached hydrogens (tertiary/aromatic N) is 2. The molecular formula is C15H13N3O2. The highest BCUT2D eigenvalue weighted by atomic mass is 16.5. The SMILES string of the molecule is N#Cc1c(O)oc(C2=NCCCN2)c1-c1ccccc1. The molecule has 0 spiro atoms. The number of aromatic hydroxyl groups is 1. The zero-order valence-electron chi connectivity index (χ0n) is 10.8. The molecule has 3 rings (SSSR count). The summed E-state index contributed by atoms with van der Waals surface area (Å²) in [5.41, 5.74) is 1.54. The van der Waals surface area contributed by atoms with Gasteiger partial charge in [-0.25, -0.2) is 0 Å². The minimum absolute atomic E-state index is 0.140. The van der Waals surface area contributed by atoms with Crippen molar-refractivity contribution >= 4 is 5.84 Å². The van der Waals surface area contributed by atoms with Crippen molar-refractivity contribution in [3.63, 3.8) is 0 Å². The lowest BCUT2D eigenvalue weighted by molar-refractivity contribution is 0.328. The third kappa shape index (κ3) is 2.01. The van der Waals surface area contributed by atoms with Crippen LogP contribution in [0.4, 0.5) is 0 Å². The van der Waals surface area contributed by atoms with Gasteiger partial charge in [0.2, 0.25) is 0 Å². The molecule has 0 unspecified atom stereocenters. The van der Waals surface area contributed by atoms with E-state index in [4.69, 9.17) is 4.42 Å². The molecule has 1 aliphatic heterocycles. The predicted molar refractivity (Wildman–Crippen MR) is 74.5 cm³/mol. The summed E-state index contributed by atoms with van der Waals surface area (Å²) in [5.74, 6) is 0.647. The van der Waals surface area contributed by atoms with Crippen LogP contribution in [0.2, 0.25) is 0 Å². The highest BCUT2D eigenvalue weighted by Crippen LogP contribution is 2.36. The standard InChI is InChI=1S/C15H13N3O2/c16-9-11-12(10-5-2-1-3-6-10)13(20-15(11)19)14-17-7-4-8-18-14/h1-3,5-6,19H,4,7-8H2,(H,17,18). The summed E-state index contributed by atoms with van der Waals surface area (Å²) in [6.45, 7) is 1.51. The Labute approximate surface area is 116 Å². The van der Waals surface area contributed by atoms with Gasteiger partial charge < -0.3 is 14.8 Å². The Balaban J connectivity index is 2.21. The van der Waals surface area contributed by atoms with Crippen LogP contribution in [0, 0.1) is 11.3 Å². The topological polar surface area (TPSA) is 81.5 Å². The maximum absolute atomic E-state index is 9.83. The largest absolute Gasteiger partial charge is 0.480 e. The Kier molecular flexibility index (Phi) is 3.13. The van der Waals surface area contributed by atoms with Gasteiger partial charge in [0.25, 0.3) is 0 Å². The van der Waals surface area contributed by atoms with Crippen LogP contribution < -0.4 is 5.32 Å². The second-order valence-electron chi connectivity index (χ2n) is 4.47. The number of rotatable bonds is 2. The fourth-order valence-corrected chi connectivity index (χ4v) is 2.25. The molecule has 20 heavy (non-hydrogen) atoms. The fraction of sp³-hybridized carbons (Fsp3) is 0.200. The second kappa shape index (κ2) is 5.10. The van der Waals surface area contributed by atoms with Crippen molar-refractivity contribution in [3.8, 4) is 23.1 Å². The number of hydrogen-bond donors (Lipinski definition) is 2. The monoisotopic (exact) mass is 267 g/mol. The van der Waals surface area contributed by atoms with Crippen molar-refractivity contribution in [1.82, 2.24) is 5.32 Å². The molecule has 2 heterocycles. The van der Waals surface area contributed by atoms with E-state index in [9.17, 15) is 10.4 Å². The summed E-state index contributed by atoms with van der Waals surface area (Å²) in [4.78, 5) is 4.37. The predicted octanol–water partition coefficient (Wildman–Crippen LogP) is 2.26. The zero-order chi connectivity index (χ0) is 13.9. The van der Waals surface area contributed by atoms with Crippen LogP contribution in [0.15, 0.2) is 39.7 Å². The smallest absolute Gasteiger partial charge is 0.301 e. The summed E-state index contributed by atoms with van der Waals surface area (Å²) in [7, 11) is 0. The molecule has 0 aliphatic carbocycles. The number of nitrogens with one attached hydrogen (secondary N) is 1. The Morgan fingerprint density at radius 3 is 2.75 bits per heavy atom. The zero-order valence-corrected chi connectivity index (χ0v) is 10.8. The van der Waals surface area contributed by atoms with Crippen molar-refractivity contribution in [2.24, 2.45) is 4.99 Å². The molecule has 1 aromatic carbocycles. The third-order valence-electron chi connectivity index (χ3n) is 3.18. The lowest BCUT2D eigenvalue weighted by atomic mass is 10.0. The van der Waals surface area contributed by atoms with Gasteiger partial charge in [-0.2, -0.15) is 5.26 Å². The summed E-state index contributed by atoms with van der Waals surface area (Å²) < 4.78 is 5.37. The first kappa shape index (κ1) is 12.3. The van der Waals surface area contributed by atoms with Crippen LogP contribution in [0.1, 0.15) is 17.7 Å². The van der Waals surface area contributed by atoms with Gasteiger partial charge in [-0.05, 0) is 12.0 Å². The summed E-state index contributed by atoms with van der Waals surface area (Å²) in [5, 5.41) is 22.2. The molecule has 0 fully saturated rings. The number of nitriles is 1. The van der Waals surface area contributed by atoms with E-state index in [1.807, 2.05) is 36.4 Å². The van der Waals surface area contributed by atoms with E-state index in [0.29, 0.717) is 23.7 Å². The van der Waals surface area contributed by atoms with Gasteiger partial charge in [0.05, 0.1) is 5.56 Å². The van der Waals surface area contributed by atoms with Gasteiger partial charge in [0, 0.05) is 13.1 Å². The van der Waals surface area contributed by atoms with E-state index in [-0.39, 0.29) is 11.5 Å². The maximum Gasteiger partial charge on any atom is 0.301 e. The molecule has 0 radical (unpaired) electrons. The van der Waals surface area contributed by atoms with Crippen LogP contribution in [0.25, 0.3) is 11.1 Å². The van der Waals surface area contributed by atoms with Crippen molar-refractivity contribution in [2.45, 2.75) is 6.42 Å². The van der Waals surface area contributed by atoms with Gasteiger partial charge in [-0.1, -0.05) is 30.3 Å². The van der Waals surface area contributed by atoms with Gasteiger partial charge >= 0.3 is 5.95 Å². The van der Waals surface area contributed by atoms with Crippen LogP contribution >= 0.6 is 0 Å². The van der Waals surface area contributed by atoms with Gasteiger partial charge in [-0.15, -0.1) is 0 Å². The molecule has 2 N–H and O–H groups in total. The van der Waals surface area contributed by atoms with Crippen LogP contribution in [0.5, 0.6) is 5.95 Å². The first-order valence-electron chi connectivity index (χ1n) is 6.41. The van der Waals surface area contributed by atoms with Crippen LogP contribution in [-0.4, -0.2) is 24.0 Å². The molecule has 0 amide bonds. The molecule has 100 valence electrons. The van der Waals surface area contributed by atoms with Crippen molar-refractivity contribution in [1.29, 1.82) is 5.26 Å². The molecule has 5 heteroatoms. The highest BCUT2D eigenvalue weighted by molar-refractivity contribution is 6.04. The number of hydrogen-bond acceptors (Lipinski definition) is 5. The minimum Gasteiger partial charge on any atom is -0.480 e. The van der Waals surface area contributed by atoms with E-state index in [0.717, 1.165) is 18.5 Å². The summed E-state index contributed by atoms with van der Waals surface area (Å²) in [6, 6.07) is 11.4. The Bertz CT molecular complexity index is 696. The average Bonchev–Trinajstić information content (AvgIpc) is 2.85. The quantitative estimate of drug-likeness (QED) is 0.874. The number of benzene rings is 1. The molecule has 1 aromatic heterocycles. The van der Waals surface area contributed by atoms with Gasteiger partial charge in [0.1, 0.15) is 11.6 Å². The maximum atomic E-state index is 9.83. The van der Waals surface area contributed by atoms with Crippen molar-refractivity contribution in [3.05, 3.63) is 41.7 Å². The Morgan fingerprint density at radius 2 is 2.10 bits per heavy atom. The molecule has 0 bridgehead atoms. The highest BCUT2D eigenvalue weighted by Gasteiger charge is 2.25. The molecule has 0 saturated heterocycles. The van der Waals surface area contributed by atoms with E-state index >= 15 is 0 Å². The molecule has 5 nitrogen and oxygen atoms in total. The van der Waals surface area contributed by atoms with E-state index in [1.54, 1.807) is 0 Å². The number of amidine groups is 1. The first-order chi connectivity index (χ1) is 9.81. The minimum atomic E-state index is -0.364. The number of aliphatic imine (C=N–C) groups is 1. The van der Waals surface area contributed by atoms with E-state index in [2.05, 4.69) is 10.3 Å². The summed E-state index contributed by atoms with van der Waals surface area (Å²) >= 11 is 0. The fourth-order valence-electron chi connectivity index (χ4n) is 2.25. The third-order valence-corrected chi connectivity index (χ3v) is 3.18. The van der Waals surface area contributed by atoms with Crippen LogP contribution in [-0.2, 0) is 0 Å². The molecule has 1 aliphatic rings. The van der Waals surface area contributed by atoms with E-state index in [1.165, 1.54) is 0 Å². The molecule has 0 atom stereocenters. The average molecular weight is 267 g/mol.